The van der Waals surface area contributed by atoms with Crippen molar-refractivity contribution in [3.63, 3.8) is 0 Å². The molecule has 0 atom stereocenters. The lowest BCUT2D eigenvalue weighted by atomic mass is 10.1. The molecule has 9 heteroatoms. The first-order valence-electron chi connectivity index (χ1n) is 9.59. The van der Waals surface area contributed by atoms with Crippen LogP contribution in [-0.2, 0) is 17.5 Å². The monoisotopic (exact) mass is 459 g/mol. The van der Waals surface area contributed by atoms with E-state index in [1.165, 1.54) is 42.1 Å². The highest BCUT2D eigenvalue weighted by Gasteiger charge is 2.30. The number of halogens is 4. The fourth-order valence-corrected chi connectivity index (χ4v) is 4.02. The molecule has 1 amide bonds. The topological polar surface area (TPSA) is 46.9 Å². The maximum absolute atomic E-state index is 13.1. The van der Waals surface area contributed by atoms with Crippen molar-refractivity contribution in [3.05, 3.63) is 89.7 Å². The summed E-state index contributed by atoms with van der Waals surface area (Å²) >= 11 is 1.18. The number of carbonyl (C=O) groups excluding carboxylic acids is 1. The van der Waals surface area contributed by atoms with Gasteiger partial charge in [-0.2, -0.15) is 13.2 Å². The second-order valence-corrected chi connectivity index (χ2v) is 7.95. The zero-order chi connectivity index (χ0) is 22.7. The molecule has 0 spiro atoms. The highest BCUT2D eigenvalue weighted by molar-refractivity contribution is 7.99. The zero-order valence-electron chi connectivity index (χ0n) is 16.6. The van der Waals surface area contributed by atoms with Gasteiger partial charge in [0.25, 0.3) is 0 Å². The van der Waals surface area contributed by atoms with Gasteiger partial charge in [0.15, 0.2) is 5.16 Å². The van der Waals surface area contributed by atoms with Crippen molar-refractivity contribution in [2.24, 2.45) is 0 Å². The molecule has 1 heterocycles. The van der Waals surface area contributed by atoms with Crippen LogP contribution in [0.25, 0.3) is 11.0 Å². The fourth-order valence-electron chi connectivity index (χ4n) is 3.21. The standard InChI is InChI=1S/C23H17F4N3OS/c24-17-8-10-18(11-9-17)28-21(31)14-32-22-29-19-6-1-2-7-20(19)30(22)13-15-4-3-5-16(12-15)23(25,26)27/h1-12H,13-14H2,(H,28,31). The predicted octanol–water partition coefficient (Wildman–Crippen LogP) is 5.97. The van der Waals surface area contributed by atoms with Crippen LogP contribution in [0.2, 0.25) is 0 Å². The van der Waals surface area contributed by atoms with E-state index in [1.54, 1.807) is 16.7 Å². The largest absolute Gasteiger partial charge is 0.416 e. The van der Waals surface area contributed by atoms with E-state index in [0.29, 0.717) is 21.9 Å². The SMILES string of the molecule is O=C(CSc1nc2ccccc2n1Cc1cccc(C(F)(F)F)c1)Nc1ccc(F)cc1. The second kappa shape index (κ2) is 9.04. The van der Waals surface area contributed by atoms with E-state index in [4.69, 9.17) is 0 Å². The van der Waals surface area contributed by atoms with Gasteiger partial charge in [0, 0.05) is 5.69 Å². The van der Waals surface area contributed by atoms with E-state index in [1.807, 2.05) is 18.2 Å². The summed E-state index contributed by atoms with van der Waals surface area (Å²) < 4.78 is 54.1. The van der Waals surface area contributed by atoms with Crippen LogP contribution in [0.5, 0.6) is 0 Å². The van der Waals surface area contributed by atoms with Crippen LogP contribution in [0.15, 0.2) is 78.0 Å². The van der Waals surface area contributed by atoms with Crippen molar-refractivity contribution < 1.29 is 22.4 Å². The normalized spacial score (nSPS) is 11.6. The summed E-state index contributed by atoms with van der Waals surface area (Å²) in [6.45, 7) is 0.173. The minimum absolute atomic E-state index is 0.0310. The molecule has 0 saturated heterocycles. The summed E-state index contributed by atoms with van der Waals surface area (Å²) in [5, 5.41) is 3.19. The fraction of sp³-hybridized carbons (Fsp3) is 0.130. The summed E-state index contributed by atoms with van der Waals surface area (Å²) in [7, 11) is 0. The third-order valence-corrected chi connectivity index (χ3v) is 5.65. The Morgan fingerprint density at radius 3 is 2.50 bits per heavy atom. The van der Waals surface area contributed by atoms with Crippen molar-refractivity contribution in [3.8, 4) is 0 Å². The summed E-state index contributed by atoms with van der Waals surface area (Å²) in [4.78, 5) is 16.9. The Bertz CT molecular complexity index is 1250. The molecule has 4 aromatic rings. The molecule has 4 rings (SSSR count). The second-order valence-electron chi connectivity index (χ2n) is 7.01. The highest BCUT2D eigenvalue weighted by Crippen LogP contribution is 2.31. The molecule has 0 unspecified atom stereocenters. The summed E-state index contributed by atoms with van der Waals surface area (Å²) in [6.07, 6.45) is -4.43. The Morgan fingerprint density at radius 2 is 1.75 bits per heavy atom. The van der Waals surface area contributed by atoms with E-state index in [2.05, 4.69) is 10.3 Å². The van der Waals surface area contributed by atoms with Crippen LogP contribution < -0.4 is 5.32 Å². The third-order valence-electron chi connectivity index (χ3n) is 4.67. The van der Waals surface area contributed by atoms with Crippen molar-refractivity contribution in [1.29, 1.82) is 0 Å². The minimum Gasteiger partial charge on any atom is -0.325 e. The lowest BCUT2D eigenvalue weighted by Crippen LogP contribution is -2.14. The number of imidazole rings is 1. The molecule has 0 aliphatic heterocycles. The Hall–Kier alpha value is -3.33. The number of para-hydroxylation sites is 2. The van der Waals surface area contributed by atoms with E-state index in [9.17, 15) is 22.4 Å². The van der Waals surface area contributed by atoms with Crippen LogP contribution in [0.4, 0.5) is 23.2 Å². The summed E-state index contributed by atoms with van der Waals surface area (Å²) in [5.74, 6) is -0.677. The molecule has 3 aromatic carbocycles. The number of thioether (sulfide) groups is 1. The van der Waals surface area contributed by atoms with Gasteiger partial charge in [0.05, 0.1) is 28.9 Å². The van der Waals surface area contributed by atoms with Gasteiger partial charge in [-0.25, -0.2) is 9.37 Å². The molecule has 1 aromatic heterocycles. The number of fused-ring (bicyclic) bond motifs is 1. The van der Waals surface area contributed by atoms with Gasteiger partial charge < -0.3 is 9.88 Å². The third kappa shape index (κ3) is 5.11. The first-order valence-corrected chi connectivity index (χ1v) is 10.6. The van der Waals surface area contributed by atoms with Gasteiger partial charge in [-0.05, 0) is 54.1 Å². The van der Waals surface area contributed by atoms with Crippen molar-refractivity contribution in [2.75, 3.05) is 11.1 Å². The molecule has 4 nitrogen and oxygen atoms in total. The number of hydrogen-bond acceptors (Lipinski definition) is 3. The van der Waals surface area contributed by atoms with Gasteiger partial charge in [0.2, 0.25) is 5.91 Å². The van der Waals surface area contributed by atoms with Crippen molar-refractivity contribution in [2.45, 2.75) is 17.9 Å². The number of carbonyl (C=O) groups is 1. The molecule has 32 heavy (non-hydrogen) atoms. The van der Waals surface area contributed by atoms with Crippen LogP contribution in [-0.4, -0.2) is 21.2 Å². The van der Waals surface area contributed by atoms with E-state index in [0.717, 1.165) is 17.6 Å². The molecule has 1 N–H and O–H groups in total. The molecular formula is C23H17F4N3OS. The lowest BCUT2D eigenvalue weighted by molar-refractivity contribution is -0.137. The summed E-state index contributed by atoms with van der Waals surface area (Å²) in [5.41, 5.74) is 1.66. The molecule has 0 bridgehead atoms. The molecule has 0 aliphatic rings. The molecule has 0 radical (unpaired) electrons. The minimum atomic E-state index is -4.43. The molecule has 0 aliphatic carbocycles. The number of aromatic nitrogens is 2. The Labute approximate surface area is 185 Å². The number of hydrogen-bond donors (Lipinski definition) is 1. The Morgan fingerprint density at radius 1 is 1.00 bits per heavy atom. The van der Waals surface area contributed by atoms with Gasteiger partial charge in [-0.15, -0.1) is 0 Å². The van der Waals surface area contributed by atoms with Crippen LogP contribution >= 0.6 is 11.8 Å². The van der Waals surface area contributed by atoms with Crippen molar-refractivity contribution >= 4 is 34.4 Å². The Balaban J connectivity index is 1.55. The molecule has 164 valence electrons. The van der Waals surface area contributed by atoms with Crippen molar-refractivity contribution in [1.82, 2.24) is 9.55 Å². The molecule has 0 saturated carbocycles. The van der Waals surface area contributed by atoms with Crippen LogP contribution in [0.3, 0.4) is 0 Å². The average Bonchev–Trinajstić information content (AvgIpc) is 3.11. The highest BCUT2D eigenvalue weighted by atomic mass is 32.2. The first-order chi connectivity index (χ1) is 15.3. The smallest absolute Gasteiger partial charge is 0.325 e. The van der Waals surface area contributed by atoms with E-state index in [-0.39, 0.29) is 18.2 Å². The maximum Gasteiger partial charge on any atom is 0.416 e. The van der Waals surface area contributed by atoms with Gasteiger partial charge >= 0.3 is 6.18 Å². The maximum atomic E-state index is 13.1. The van der Waals surface area contributed by atoms with Gasteiger partial charge in [0.1, 0.15) is 5.82 Å². The number of nitrogens with one attached hydrogen (secondary N) is 1. The number of amides is 1. The van der Waals surface area contributed by atoms with Gasteiger partial charge in [-0.3, -0.25) is 4.79 Å². The van der Waals surface area contributed by atoms with Crippen LogP contribution in [0.1, 0.15) is 11.1 Å². The molecular weight excluding hydrogens is 442 g/mol. The summed E-state index contributed by atoms with van der Waals surface area (Å²) in [6, 6.07) is 17.8. The molecule has 0 fully saturated rings. The number of nitrogens with zero attached hydrogens (tertiary/aromatic N) is 2. The number of benzene rings is 3. The lowest BCUT2D eigenvalue weighted by Gasteiger charge is -2.12. The quantitative estimate of drug-likeness (QED) is 0.285. The number of alkyl halides is 3. The van der Waals surface area contributed by atoms with Crippen LogP contribution in [0, 0.1) is 5.82 Å². The predicted molar refractivity (Wildman–Crippen MR) is 116 cm³/mol. The Kier molecular flexibility index (Phi) is 6.18. The van der Waals surface area contributed by atoms with E-state index < -0.39 is 17.6 Å². The number of rotatable bonds is 6. The number of anilines is 1. The average molecular weight is 459 g/mol. The van der Waals surface area contributed by atoms with E-state index >= 15 is 0 Å². The van der Waals surface area contributed by atoms with Gasteiger partial charge in [-0.1, -0.05) is 36.0 Å². The first kappa shape index (κ1) is 21.9. The zero-order valence-corrected chi connectivity index (χ0v) is 17.4.